The van der Waals surface area contributed by atoms with Gasteiger partial charge in [0.25, 0.3) is 0 Å². The van der Waals surface area contributed by atoms with Crippen LogP contribution in [0.3, 0.4) is 0 Å². The lowest BCUT2D eigenvalue weighted by Gasteiger charge is -2.07. The van der Waals surface area contributed by atoms with Gasteiger partial charge in [-0.05, 0) is 0 Å². The van der Waals surface area contributed by atoms with Crippen LogP contribution >= 0.6 is 11.6 Å². The van der Waals surface area contributed by atoms with E-state index in [1.165, 1.54) is 6.08 Å². The smallest absolute Gasteiger partial charge is 0.0969 e. The number of alkyl halides is 1. The summed E-state index contributed by atoms with van der Waals surface area (Å²) in [7, 11) is 0. The summed E-state index contributed by atoms with van der Waals surface area (Å²) in [6.45, 7) is 3.01. The Morgan fingerprint density at radius 2 is 2.25 bits per heavy atom. The van der Waals surface area contributed by atoms with Gasteiger partial charge in [-0.3, -0.25) is 0 Å². The SMILES string of the molecule is C=C[C@@H](Cl)[C@@H](O)CO. The van der Waals surface area contributed by atoms with Gasteiger partial charge < -0.3 is 10.2 Å². The zero-order chi connectivity index (χ0) is 6.57. The van der Waals surface area contributed by atoms with Gasteiger partial charge in [-0.2, -0.15) is 0 Å². The van der Waals surface area contributed by atoms with Crippen LogP contribution in [0.5, 0.6) is 0 Å². The third-order valence-electron chi connectivity index (χ3n) is 0.780. The third kappa shape index (κ3) is 2.31. The molecule has 0 unspecified atom stereocenters. The van der Waals surface area contributed by atoms with E-state index in [1.807, 2.05) is 0 Å². The van der Waals surface area contributed by atoms with Crippen molar-refractivity contribution < 1.29 is 10.2 Å². The van der Waals surface area contributed by atoms with Crippen molar-refractivity contribution in [2.24, 2.45) is 0 Å². The Labute approximate surface area is 53.4 Å². The van der Waals surface area contributed by atoms with Crippen molar-refractivity contribution in [3.63, 3.8) is 0 Å². The molecule has 0 aromatic rings. The molecule has 2 N–H and O–H groups in total. The predicted octanol–water partition coefficient (Wildman–Crippen LogP) is 0.133. The fourth-order valence-corrected chi connectivity index (χ4v) is 0.337. The molecular formula is C5H9ClO2. The molecule has 0 aromatic heterocycles. The minimum Gasteiger partial charge on any atom is -0.394 e. The number of rotatable bonds is 3. The van der Waals surface area contributed by atoms with E-state index < -0.39 is 11.5 Å². The summed E-state index contributed by atoms with van der Waals surface area (Å²) in [5, 5.41) is 16.4. The van der Waals surface area contributed by atoms with Gasteiger partial charge in [-0.1, -0.05) is 6.08 Å². The largest absolute Gasteiger partial charge is 0.394 e. The molecule has 2 nitrogen and oxygen atoms in total. The van der Waals surface area contributed by atoms with Crippen LogP contribution in [0.4, 0.5) is 0 Å². The number of aliphatic hydroxyl groups is 2. The van der Waals surface area contributed by atoms with E-state index in [0.717, 1.165) is 0 Å². The normalized spacial score (nSPS) is 17.4. The monoisotopic (exact) mass is 136 g/mol. The number of hydrogen-bond acceptors (Lipinski definition) is 2. The Balaban J connectivity index is 3.44. The zero-order valence-corrected chi connectivity index (χ0v) is 5.17. The summed E-state index contributed by atoms with van der Waals surface area (Å²) >= 11 is 5.39. The van der Waals surface area contributed by atoms with Crippen molar-refractivity contribution in [3.05, 3.63) is 12.7 Å². The molecule has 8 heavy (non-hydrogen) atoms. The van der Waals surface area contributed by atoms with Crippen molar-refractivity contribution in [1.29, 1.82) is 0 Å². The minimum absolute atomic E-state index is 0.319. The molecule has 0 bridgehead atoms. The molecule has 0 aliphatic rings. The van der Waals surface area contributed by atoms with Crippen LogP contribution in [0, 0.1) is 0 Å². The van der Waals surface area contributed by atoms with E-state index in [2.05, 4.69) is 6.58 Å². The van der Waals surface area contributed by atoms with Gasteiger partial charge in [0.1, 0.15) is 0 Å². The topological polar surface area (TPSA) is 40.5 Å². The molecule has 3 heteroatoms. The average molecular weight is 137 g/mol. The fraction of sp³-hybridized carbons (Fsp3) is 0.600. The molecular weight excluding hydrogens is 128 g/mol. The van der Waals surface area contributed by atoms with Crippen LogP contribution < -0.4 is 0 Å². The molecule has 0 aromatic carbocycles. The number of hydrogen-bond donors (Lipinski definition) is 2. The summed E-state index contributed by atoms with van der Waals surface area (Å²) < 4.78 is 0. The van der Waals surface area contributed by atoms with Crippen molar-refractivity contribution in [2.75, 3.05) is 6.61 Å². The van der Waals surface area contributed by atoms with Crippen molar-refractivity contribution in [3.8, 4) is 0 Å². The first-order valence-corrected chi connectivity index (χ1v) is 2.71. The molecule has 0 rings (SSSR count). The Kier molecular flexibility index (Phi) is 3.87. The number of aliphatic hydroxyl groups excluding tert-OH is 2. The lowest BCUT2D eigenvalue weighted by molar-refractivity contribution is 0.100. The predicted molar refractivity (Wildman–Crippen MR) is 32.9 cm³/mol. The quantitative estimate of drug-likeness (QED) is 0.428. The van der Waals surface area contributed by atoms with Crippen LogP contribution in [0.1, 0.15) is 0 Å². The summed E-state index contributed by atoms with van der Waals surface area (Å²) in [6.07, 6.45) is 0.497. The molecule has 0 aliphatic carbocycles. The Morgan fingerprint density at radius 1 is 1.75 bits per heavy atom. The molecule has 0 saturated heterocycles. The first-order chi connectivity index (χ1) is 3.72. The summed E-state index contributed by atoms with van der Waals surface area (Å²) in [6, 6.07) is 0. The van der Waals surface area contributed by atoms with Crippen molar-refractivity contribution >= 4 is 11.6 Å². The van der Waals surface area contributed by atoms with Gasteiger partial charge in [0.05, 0.1) is 18.1 Å². The highest BCUT2D eigenvalue weighted by atomic mass is 35.5. The molecule has 0 aliphatic heterocycles. The van der Waals surface area contributed by atoms with Crippen LogP contribution in [-0.2, 0) is 0 Å². The Hall–Kier alpha value is -0.0500. The molecule has 2 atom stereocenters. The van der Waals surface area contributed by atoms with Gasteiger partial charge in [0.15, 0.2) is 0 Å². The summed E-state index contributed by atoms with van der Waals surface area (Å²) in [4.78, 5) is 0. The summed E-state index contributed by atoms with van der Waals surface area (Å²) in [5.74, 6) is 0. The molecule has 0 radical (unpaired) electrons. The zero-order valence-electron chi connectivity index (χ0n) is 4.42. The standard InChI is InChI=1S/C5H9ClO2/c1-2-4(6)5(8)3-7/h2,4-5,7-8H,1,3H2/t4-,5+/m1/s1. The Morgan fingerprint density at radius 3 is 2.38 bits per heavy atom. The second-order valence-corrected chi connectivity index (χ2v) is 1.93. The van der Waals surface area contributed by atoms with Gasteiger partial charge >= 0.3 is 0 Å². The van der Waals surface area contributed by atoms with Crippen LogP contribution in [0.15, 0.2) is 12.7 Å². The highest BCUT2D eigenvalue weighted by Crippen LogP contribution is 2.01. The number of halogens is 1. The van der Waals surface area contributed by atoms with Gasteiger partial charge in [0, 0.05) is 0 Å². The second-order valence-electron chi connectivity index (χ2n) is 1.43. The average Bonchev–Trinajstić information content (AvgIpc) is 1.84. The van der Waals surface area contributed by atoms with Gasteiger partial charge in [0.2, 0.25) is 0 Å². The van der Waals surface area contributed by atoms with Crippen molar-refractivity contribution in [1.82, 2.24) is 0 Å². The molecule has 0 fully saturated rings. The molecule has 0 spiro atoms. The fourth-order valence-electron chi connectivity index (χ4n) is 0.258. The molecule has 48 valence electrons. The first-order valence-electron chi connectivity index (χ1n) is 2.28. The first kappa shape index (κ1) is 7.95. The van der Waals surface area contributed by atoms with E-state index in [1.54, 1.807) is 0 Å². The maximum atomic E-state index is 8.67. The van der Waals surface area contributed by atoms with E-state index in [4.69, 9.17) is 21.8 Å². The molecule has 0 heterocycles. The minimum atomic E-state index is -0.880. The van der Waals surface area contributed by atoms with E-state index in [0.29, 0.717) is 0 Å². The molecule has 0 amide bonds. The van der Waals surface area contributed by atoms with Crippen molar-refractivity contribution in [2.45, 2.75) is 11.5 Å². The summed E-state index contributed by atoms with van der Waals surface area (Å²) in [5.41, 5.74) is 0. The Bertz CT molecular complexity index is 74.8. The van der Waals surface area contributed by atoms with Gasteiger partial charge in [-0.15, -0.1) is 18.2 Å². The van der Waals surface area contributed by atoms with E-state index >= 15 is 0 Å². The maximum Gasteiger partial charge on any atom is 0.0969 e. The highest BCUT2D eigenvalue weighted by Gasteiger charge is 2.09. The van der Waals surface area contributed by atoms with E-state index in [-0.39, 0.29) is 6.61 Å². The van der Waals surface area contributed by atoms with E-state index in [9.17, 15) is 0 Å². The lowest BCUT2D eigenvalue weighted by atomic mass is 10.3. The van der Waals surface area contributed by atoms with Crippen LogP contribution in [0.2, 0.25) is 0 Å². The lowest BCUT2D eigenvalue weighted by Crippen LogP contribution is -2.22. The highest BCUT2D eigenvalue weighted by molar-refractivity contribution is 6.22. The van der Waals surface area contributed by atoms with Gasteiger partial charge in [-0.25, -0.2) is 0 Å². The van der Waals surface area contributed by atoms with Crippen LogP contribution in [0.25, 0.3) is 0 Å². The third-order valence-corrected chi connectivity index (χ3v) is 1.25. The second kappa shape index (κ2) is 3.89. The van der Waals surface area contributed by atoms with Crippen LogP contribution in [-0.4, -0.2) is 28.3 Å². The molecule has 0 saturated carbocycles. The maximum absolute atomic E-state index is 8.67.